The molecule has 4 bridgehead atoms. The average molecular weight is 297 g/mol. The second-order valence-corrected chi connectivity index (χ2v) is 8.18. The molecule has 4 fully saturated rings. The molecule has 4 aliphatic carbocycles. The molecule has 1 amide bonds. The lowest BCUT2D eigenvalue weighted by molar-refractivity contribution is -0.129. The Hall–Kier alpha value is -1.31. The number of hydrogen-bond donors (Lipinski definition) is 1. The molecule has 1 aromatic carbocycles. The summed E-state index contributed by atoms with van der Waals surface area (Å²) in [6.45, 7) is 0.773. The van der Waals surface area contributed by atoms with Crippen molar-refractivity contribution in [2.24, 2.45) is 23.2 Å². The maximum absolute atomic E-state index is 12.4. The molecule has 1 N–H and O–H groups in total. The first-order valence-corrected chi connectivity index (χ1v) is 9.01. The lowest BCUT2D eigenvalue weighted by Gasteiger charge is -2.56. The van der Waals surface area contributed by atoms with E-state index >= 15 is 0 Å². The smallest absolute Gasteiger partial charge is 0.220 e. The fourth-order valence-electron chi connectivity index (χ4n) is 5.90. The van der Waals surface area contributed by atoms with Gasteiger partial charge in [-0.3, -0.25) is 4.79 Å². The van der Waals surface area contributed by atoms with E-state index in [0.717, 1.165) is 37.1 Å². The quantitative estimate of drug-likeness (QED) is 0.876. The van der Waals surface area contributed by atoms with E-state index in [-0.39, 0.29) is 5.91 Å². The Bertz CT molecular complexity index is 501. The van der Waals surface area contributed by atoms with Crippen LogP contribution in [0, 0.1) is 23.2 Å². The number of nitrogens with one attached hydrogen (secondary N) is 1. The molecule has 0 unspecified atom stereocenters. The number of benzene rings is 1. The van der Waals surface area contributed by atoms with Crippen LogP contribution >= 0.6 is 0 Å². The van der Waals surface area contributed by atoms with Crippen molar-refractivity contribution in [1.82, 2.24) is 5.32 Å². The molecule has 22 heavy (non-hydrogen) atoms. The first-order valence-electron chi connectivity index (χ1n) is 9.01. The van der Waals surface area contributed by atoms with E-state index in [0.29, 0.717) is 5.41 Å². The third-order valence-corrected chi connectivity index (χ3v) is 6.28. The van der Waals surface area contributed by atoms with Crippen LogP contribution in [0.5, 0.6) is 0 Å². The standard InChI is InChI=1S/C20H27NO/c22-19(21-7-6-15-4-2-1-3-5-15)14-20-11-16-8-17(12-20)10-18(9-16)13-20/h1-5,16-18H,6-14H2,(H,21,22). The van der Waals surface area contributed by atoms with E-state index in [1.165, 1.54) is 44.1 Å². The van der Waals surface area contributed by atoms with Crippen molar-refractivity contribution in [1.29, 1.82) is 0 Å². The molecule has 5 rings (SSSR count). The molecule has 1 aromatic rings. The molecule has 4 aliphatic rings. The Balaban J connectivity index is 1.29. The zero-order valence-electron chi connectivity index (χ0n) is 13.4. The first-order chi connectivity index (χ1) is 10.7. The fourth-order valence-corrected chi connectivity index (χ4v) is 5.90. The van der Waals surface area contributed by atoms with Crippen LogP contribution in [0.25, 0.3) is 0 Å². The molecule has 2 nitrogen and oxygen atoms in total. The zero-order valence-corrected chi connectivity index (χ0v) is 13.4. The number of carbonyl (C=O) groups excluding carboxylic acids is 1. The van der Waals surface area contributed by atoms with Crippen molar-refractivity contribution >= 4 is 5.91 Å². The van der Waals surface area contributed by atoms with Gasteiger partial charge in [-0.1, -0.05) is 30.3 Å². The number of carbonyl (C=O) groups is 1. The third kappa shape index (κ3) is 2.93. The van der Waals surface area contributed by atoms with Gasteiger partial charge in [-0.25, -0.2) is 0 Å². The molecule has 0 spiro atoms. The highest BCUT2D eigenvalue weighted by molar-refractivity contribution is 5.76. The zero-order chi connectivity index (χ0) is 15.0. The SMILES string of the molecule is O=C(CC12CC3CC(CC(C3)C1)C2)NCCc1ccccc1. The third-order valence-electron chi connectivity index (χ3n) is 6.28. The molecule has 0 aromatic heterocycles. The normalized spacial score (nSPS) is 35.5. The van der Waals surface area contributed by atoms with E-state index < -0.39 is 0 Å². The number of hydrogen-bond acceptors (Lipinski definition) is 1. The van der Waals surface area contributed by atoms with E-state index in [4.69, 9.17) is 0 Å². The lowest BCUT2D eigenvalue weighted by atomic mass is 9.49. The van der Waals surface area contributed by atoms with Gasteiger partial charge in [0.1, 0.15) is 0 Å². The summed E-state index contributed by atoms with van der Waals surface area (Å²) in [6, 6.07) is 10.4. The molecule has 118 valence electrons. The summed E-state index contributed by atoms with van der Waals surface area (Å²) >= 11 is 0. The number of rotatable bonds is 5. The van der Waals surface area contributed by atoms with Crippen LogP contribution in [-0.2, 0) is 11.2 Å². The van der Waals surface area contributed by atoms with Crippen LogP contribution < -0.4 is 5.32 Å². The van der Waals surface area contributed by atoms with E-state index in [1.807, 2.05) is 6.07 Å². The van der Waals surface area contributed by atoms with Crippen LogP contribution in [0.4, 0.5) is 0 Å². The summed E-state index contributed by atoms with van der Waals surface area (Å²) in [5, 5.41) is 3.17. The van der Waals surface area contributed by atoms with Gasteiger partial charge in [0.2, 0.25) is 5.91 Å². The fraction of sp³-hybridized carbons (Fsp3) is 0.650. The minimum Gasteiger partial charge on any atom is -0.356 e. The Morgan fingerprint density at radius 1 is 1.00 bits per heavy atom. The molecule has 2 heteroatoms. The maximum Gasteiger partial charge on any atom is 0.220 e. The highest BCUT2D eigenvalue weighted by Crippen LogP contribution is 2.61. The first kappa shape index (κ1) is 14.3. The minimum absolute atomic E-state index is 0.290. The molecular formula is C20H27NO. The molecule has 4 saturated carbocycles. The van der Waals surface area contributed by atoms with E-state index in [2.05, 4.69) is 29.6 Å². The highest BCUT2D eigenvalue weighted by atomic mass is 16.1. The van der Waals surface area contributed by atoms with Crippen molar-refractivity contribution in [2.75, 3.05) is 6.54 Å². The largest absolute Gasteiger partial charge is 0.356 e. The Labute approximate surface area is 133 Å². The van der Waals surface area contributed by atoms with Crippen LogP contribution in [0.3, 0.4) is 0 Å². The minimum atomic E-state index is 0.290. The summed E-state index contributed by atoms with van der Waals surface area (Å²) in [4.78, 5) is 12.4. The van der Waals surface area contributed by atoms with Gasteiger partial charge in [0, 0.05) is 13.0 Å². The van der Waals surface area contributed by atoms with Gasteiger partial charge in [0.05, 0.1) is 0 Å². The Kier molecular flexibility index (Phi) is 3.71. The average Bonchev–Trinajstić information content (AvgIpc) is 2.46. The van der Waals surface area contributed by atoms with Crippen molar-refractivity contribution in [3.05, 3.63) is 35.9 Å². The topological polar surface area (TPSA) is 29.1 Å². The van der Waals surface area contributed by atoms with Crippen molar-refractivity contribution in [3.8, 4) is 0 Å². The van der Waals surface area contributed by atoms with Crippen molar-refractivity contribution in [2.45, 2.75) is 51.4 Å². The van der Waals surface area contributed by atoms with Crippen LogP contribution in [0.1, 0.15) is 50.5 Å². The van der Waals surface area contributed by atoms with Gasteiger partial charge in [-0.15, -0.1) is 0 Å². The monoisotopic (exact) mass is 297 g/mol. The summed E-state index contributed by atoms with van der Waals surface area (Å²) in [5.41, 5.74) is 1.67. The summed E-state index contributed by atoms with van der Waals surface area (Å²) < 4.78 is 0. The predicted octanol–water partition coefficient (Wildman–Crippen LogP) is 3.95. The summed E-state index contributed by atoms with van der Waals surface area (Å²) in [6.07, 6.45) is 10.1. The Morgan fingerprint density at radius 3 is 2.18 bits per heavy atom. The molecule has 0 radical (unpaired) electrons. The second kappa shape index (κ2) is 5.72. The molecule has 0 heterocycles. The predicted molar refractivity (Wildman–Crippen MR) is 88.4 cm³/mol. The van der Waals surface area contributed by atoms with Crippen LogP contribution in [0.2, 0.25) is 0 Å². The van der Waals surface area contributed by atoms with Gasteiger partial charge in [-0.05, 0) is 73.7 Å². The summed E-state index contributed by atoms with van der Waals surface area (Å²) in [7, 11) is 0. The van der Waals surface area contributed by atoms with Gasteiger partial charge in [-0.2, -0.15) is 0 Å². The molecular weight excluding hydrogens is 270 g/mol. The molecule has 0 saturated heterocycles. The lowest BCUT2D eigenvalue weighted by Crippen LogP contribution is -2.48. The summed E-state index contributed by atoms with van der Waals surface area (Å²) in [5.74, 6) is 3.09. The maximum atomic E-state index is 12.4. The van der Waals surface area contributed by atoms with Crippen molar-refractivity contribution < 1.29 is 4.79 Å². The van der Waals surface area contributed by atoms with Gasteiger partial charge in [0.25, 0.3) is 0 Å². The highest BCUT2D eigenvalue weighted by Gasteiger charge is 2.51. The van der Waals surface area contributed by atoms with Crippen molar-refractivity contribution in [3.63, 3.8) is 0 Å². The van der Waals surface area contributed by atoms with E-state index in [1.54, 1.807) is 0 Å². The molecule has 0 atom stereocenters. The number of amides is 1. The molecule has 0 aliphatic heterocycles. The van der Waals surface area contributed by atoms with Gasteiger partial charge in [0.15, 0.2) is 0 Å². The second-order valence-electron chi connectivity index (χ2n) is 8.18. The van der Waals surface area contributed by atoms with Crippen LogP contribution in [0.15, 0.2) is 30.3 Å². The van der Waals surface area contributed by atoms with Gasteiger partial charge < -0.3 is 5.32 Å². The Morgan fingerprint density at radius 2 is 1.59 bits per heavy atom. The van der Waals surface area contributed by atoms with Gasteiger partial charge >= 0.3 is 0 Å². The van der Waals surface area contributed by atoms with Crippen LogP contribution in [-0.4, -0.2) is 12.5 Å². The van der Waals surface area contributed by atoms with E-state index in [9.17, 15) is 4.79 Å².